The number of ether oxygens (including phenoxy) is 2. The van der Waals surface area contributed by atoms with Crippen LogP contribution in [-0.4, -0.2) is 30.9 Å². The molecule has 1 N–H and O–H groups in total. The lowest BCUT2D eigenvalue weighted by Crippen LogP contribution is -2.16. The molecule has 0 radical (unpaired) electrons. The van der Waals surface area contributed by atoms with Crippen LogP contribution in [0.25, 0.3) is 0 Å². The van der Waals surface area contributed by atoms with Gasteiger partial charge >= 0.3 is 5.97 Å². The highest BCUT2D eigenvalue weighted by atomic mass is 16.5. The van der Waals surface area contributed by atoms with Crippen LogP contribution in [-0.2, 0) is 4.74 Å². The molecule has 0 aliphatic heterocycles. The van der Waals surface area contributed by atoms with Gasteiger partial charge in [-0.15, -0.1) is 0 Å². The average Bonchev–Trinajstić information content (AvgIpc) is 2.26. The molecule has 1 rings (SSSR count). The van der Waals surface area contributed by atoms with Gasteiger partial charge in [-0.25, -0.2) is 4.79 Å². The van der Waals surface area contributed by atoms with E-state index >= 15 is 0 Å². The SMILES string of the molecule is COC(C)COc1cccc(C(=O)O)c1C. The van der Waals surface area contributed by atoms with E-state index in [0.717, 1.165) is 0 Å². The molecule has 16 heavy (non-hydrogen) atoms. The van der Waals surface area contributed by atoms with Gasteiger partial charge < -0.3 is 14.6 Å². The van der Waals surface area contributed by atoms with Gasteiger partial charge in [0.15, 0.2) is 0 Å². The molecule has 0 bridgehead atoms. The summed E-state index contributed by atoms with van der Waals surface area (Å²) in [5.74, 6) is -0.355. The number of hydrogen-bond donors (Lipinski definition) is 1. The summed E-state index contributed by atoms with van der Waals surface area (Å²) < 4.78 is 10.5. The Morgan fingerprint density at radius 1 is 1.50 bits per heavy atom. The van der Waals surface area contributed by atoms with E-state index in [1.54, 1.807) is 32.2 Å². The van der Waals surface area contributed by atoms with E-state index in [0.29, 0.717) is 17.9 Å². The molecule has 1 atom stereocenters. The number of rotatable bonds is 5. The lowest BCUT2D eigenvalue weighted by molar-refractivity contribution is 0.0686. The highest BCUT2D eigenvalue weighted by Gasteiger charge is 2.11. The maximum atomic E-state index is 10.9. The van der Waals surface area contributed by atoms with Gasteiger partial charge in [0.05, 0.1) is 11.7 Å². The first kappa shape index (κ1) is 12.5. The standard InChI is InChI=1S/C12H16O4/c1-8(15-3)7-16-11-6-4-5-10(9(11)2)12(13)14/h4-6,8H,7H2,1-3H3,(H,13,14). The van der Waals surface area contributed by atoms with Crippen LogP contribution in [0.2, 0.25) is 0 Å². The first-order valence-corrected chi connectivity index (χ1v) is 5.04. The van der Waals surface area contributed by atoms with Gasteiger partial charge in [-0.2, -0.15) is 0 Å². The highest BCUT2D eigenvalue weighted by molar-refractivity contribution is 5.90. The summed E-state index contributed by atoms with van der Waals surface area (Å²) in [5, 5.41) is 8.93. The Labute approximate surface area is 94.8 Å². The molecule has 0 saturated heterocycles. The summed E-state index contributed by atoms with van der Waals surface area (Å²) in [6, 6.07) is 4.98. The largest absolute Gasteiger partial charge is 0.491 e. The number of carboxylic acid groups (broad SMARTS) is 1. The molecule has 0 fully saturated rings. The molecule has 4 nitrogen and oxygen atoms in total. The maximum absolute atomic E-state index is 10.9. The number of hydrogen-bond acceptors (Lipinski definition) is 3. The lowest BCUT2D eigenvalue weighted by atomic mass is 10.1. The third kappa shape index (κ3) is 2.97. The smallest absolute Gasteiger partial charge is 0.336 e. The Hall–Kier alpha value is -1.55. The summed E-state index contributed by atoms with van der Waals surface area (Å²) in [5.41, 5.74) is 0.904. The Morgan fingerprint density at radius 3 is 2.75 bits per heavy atom. The maximum Gasteiger partial charge on any atom is 0.336 e. The fourth-order valence-corrected chi connectivity index (χ4v) is 1.28. The molecule has 88 valence electrons. The number of carbonyl (C=O) groups is 1. The van der Waals surface area contributed by atoms with E-state index in [1.165, 1.54) is 0 Å². The number of aromatic carboxylic acids is 1. The van der Waals surface area contributed by atoms with Crippen molar-refractivity contribution in [2.75, 3.05) is 13.7 Å². The molecule has 0 amide bonds. The zero-order valence-corrected chi connectivity index (χ0v) is 9.69. The molecule has 0 aliphatic rings. The van der Waals surface area contributed by atoms with Crippen molar-refractivity contribution in [2.45, 2.75) is 20.0 Å². The van der Waals surface area contributed by atoms with Crippen LogP contribution in [0, 0.1) is 6.92 Å². The molecule has 0 saturated carbocycles. The predicted molar refractivity (Wildman–Crippen MR) is 60.1 cm³/mol. The normalized spacial score (nSPS) is 12.2. The molecule has 0 aliphatic carbocycles. The van der Waals surface area contributed by atoms with Gasteiger partial charge in [-0.05, 0) is 26.0 Å². The van der Waals surface area contributed by atoms with Crippen LogP contribution >= 0.6 is 0 Å². The second-order valence-corrected chi connectivity index (χ2v) is 3.59. The molecule has 1 aromatic carbocycles. The van der Waals surface area contributed by atoms with Crippen molar-refractivity contribution in [3.8, 4) is 5.75 Å². The van der Waals surface area contributed by atoms with Crippen LogP contribution in [0.4, 0.5) is 0 Å². The van der Waals surface area contributed by atoms with Crippen LogP contribution in [0.3, 0.4) is 0 Å². The average molecular weight is 224 g/mol. The third-order valence-corrected chi connectivity index (χ3v) is 2.39. The number of methoxy groups -OCH3 is 1. The molecular weight excluding hydrogens is 208 g/mol. The topological polar surface area (TPSA) is 55.8 Å². The van der Waals surface area contributed by atoms with Gasteiger partial charge in [0.2, 0.25) is 0 Å². The Kier molecular flexibility index (Phi) is 4.31. The summed E-state index contributed by atoms with van der Waals surface area (Å²) in [7, 11) is 1.61. The van der Waals surface area contributed by atoms with Crippen molar-refractivity contribution in [3.63, 3.8) is 0 Å². The quantitative estimate of drug-likeness (QED) is 0.832. The third-order valence-electron chi connectivity index (χ3n) is 2.39. The van der Waals surface area contributed by atoms with Crippen molar-refractivity contribution in [2.24, 2.45) is 0 Å². The zero-order valence-electron chi connectivity index (χ0n) is 9.69. The minimum Gasteiger partial charge on any atom is -0.491 e. The molecule has 1 aromatic rings. The zero-order chi connectivity index (χ0) is 12.1. The predicted octanol–water partition coefficient (Wildman–Crippen LogP) is 2.11. The summed E-state index contributed by atoms with van der Waals surface area (Å²) in [4.78, 5) is 10.9. The van der Waals surface area contributed by atoms with E-state index in [2.05, 4.69) is 0 Å². The van der Waals surface area contributed by atoms with Crippen molar-refractivity contribution in [1.29, 1.82) is 0 Å². The summed E-state index contributed by atoms with van der Waals surface area (Å²) in [6.07, 6.45) is -0.0205. The van der Waals surface area contributed by atoms with E-state index < -0.39 is 5.97 Å². The van der Waals surface area contributed by atoms with E-state index in [-0.39, 0.29) is 11.7 Å². The molecule has 0 aromatic heterocycles. The minimum atomic E-state index is -0.942. The number of benzene rings is 1. The second-order valence-electron chi connectivity index (χ2n) is 3.59. The van der Waals surface area contributed by atoms with Crippen LogP contribution in [0.15, 0.2) is 18.2 Å². The molecular formula is C12H16O4. The van der Waals surface area contributed by atoms with E-state index in [4.69, 9.17) is 14.6 Å². The minimum absolute atomic E-state index is 0.0205. The van der Waals surface area contributed by atoms with E-state index in [1.807, 2.05) is 6.92 Å². The second kappa shape index (κ2) is 5.51. The van der Waals surface area contributed by atoms with E-state index in [9.17, 15) is 4.79 Å². The van der Waals surface area contributed by atoms with Crippen molar-refractivity contribution >= 4 is 5.97 Å². The van der Waals surface area contributed by atoms with Gasteiger partial charge in [0, 0.05) is 12.7 Å². The Morgan fingerprint density at radius 2 is 2.19 bits per heavy atom. The Bertz CT molecular complexity index is 373. The van der Waals surface area contributed by atoms with Crippen LogP contribution < -0.4 is 4.74 Å². The van der Waals surface area contributed by atoms with Gasteiger partial charge in [-0.1, -0.05) is 6.07 Å². The van der Waals surface area contributed by atoms with Crippen molar-refractivity contribution < 1.29 is 19.4 Å². The number of carboxylic acids is 1. The summed E-state index contributed by atoms with van der Waals surface area (Å²) >= 11 is 0. The molecule has 1 unspecified atom stereocenters. The fourth-order valence-electron chi connectivity index (χ4n) is 1.28. The van der Waals surface area contributed by atoms with Gasteiger partial charge in [-0.3, -0.25) is 0 Å². The monoisotopic (exact) mass is 224 g/mol. The first-order valence-electron chi connectivity index (χ1n) is 5.04. The molecule has 4 heteroatoms. The van der Waals surface area contributed by atoms with Gasteiger partial charge in [0.1, 0.15) is 12.4 Å². The first-order chi connectivity index (χ1) is 7.56. The highest BCUT2D eigenvalue weighted by Crippen LogP contribution is 2.21. The lowest BCUT2D eigenvalue weighted by Gasteiger charge is -2.14. The summed E-state index contributed by atoms with van der Waals surface area (Å²) in [6.45, 7) is 4.02. The molecule has 0 heterocycles. The van der Waals surface area contributed by atoms with Crippen LogP contribution in [0.1, 0.15) is 22.8 Å². The fraction of sp³-hybridized carbons (Fsp3) is 0.417. The van der Waals surface area contributed by atoms with Gasteiger partial charge in [0.25, 0.3) is 0 Å². The van der Waals surface area contributed by atoms with Crippen molar-refractivity contribution in [3.05, 3.63) is 29.3 Å². The van der Waals surface area contributed by atoms with Crippen molar-refractivity contribution in [1.82, 2.24) is 0 Å². The molecule has 0 spiro atoms. The Balaban J connectivity index is 2.81. The van der Waals surface area contributed by atoms with Crippen LogP contribution in [0.5, 0.6) is 5.75 Å².